The van der Waals surface area contributed by atoms with Crippen LogP contribution in [0.3, 0.4) is 0 Å². The van der Waals surface area contributed by atoms with Crippen LogP contribution >= 0.6 is 0 Å². The molecular weight excluding hydrogens is 240 g/mol. The molecule has 2 rings (SSSR count). The summed E-state index contributed by atoms with van der Waals surface area (Å²) in [5, 5.41) is 3.45. The van der Waals surface area contributed by atoms with Crippen LogP contribution in [0.5, 0.6) is 0 Å². The Bertz CT molecular complexity index is 243. The molecule has 0 aromatic heterocycles. The molecule has 2 heterocycles. The zero-order valence-corrected chi connectivity index (χ0v) is 12.6. The van der Waals surface area contributed by atoms with Gasteiger partial charge in [0.1, 0.15) is 0 Å². The molecule has 0 radical (unpaired) electrons. The van der Waals surface area contributed by atoms with Crippen LogP contribution in [0.2, 0.25) is 0 Å². The van der Waals surface area contributed by atoms with Crippen molar-refractivity contribution in [1.82, 2.24) is 10.2 Å². The maximum Gasteiger partial charge on any atom is 0.0701 e. The van der Waals surface area contributed by atoms with Crippen molar-refractivity contribution in [2.75, 3.05) is 53.6 Å². The molecule has 0 saturated carbocycles. The van der Waals surface area contributed by atoms with Gasteiger partial charge >= 0.3 is 0 Å². The van der Waals surface area contributed by atoms with Gasteiger partial charge in [-0.2, -0.15) is 0 Å². The second-order valence-corrected chi connectivity index (χ2v) is 6.37. The lowest BCUT2D eigenvalue weighted by molar-refractivity contribution is -0.0208. The lowest BCUT2D eigenvalue weighted by Crippen LogP contribution is -2.48. The number of rotatable bonds is 6. The predicted octanol–water partition coefficient (Wildman–Crippen LogP) is 1.50. The summed E-state index contributed by atoms with van der Waals surface area (Å²) in [6, 6.07) is 0. The molecule has 1 unspecified atom stereocenters. The molecule has 2 aliphatic heterocycles. The normalized spacial score (nSPS) is 27.6. The zero-order chi connectivity index (χ0) is 13.6. The molecule has 112 valence electrons. The highest BCUT2D eigenvalue weighted by Gasteiger charge is 2.33. The number of hydrogen-bond donors (Lipinski definition) is 1. The van der Waals surface area contributed by atoms with E-state index >= 15 is 0 Å². The Morgan fingerprint density at radius 2 is 2.11 bits per heavy atom. The maximum absolute atomic E-state index is 5.85. The number of likely N-dealkylation sites (N-methyl/N-ethyl adjacent to an activating group) is 1. The van der Waals surface area contributed by atoms with Crippen molar-refractivity contribution in [2.24, 2.45) is 5.41 Å². The maximum atomic E-state index is 5.85. The van der Waals surface area contributed by atoms with Gasteiger partial charge in [-0.15, -0.1) is 0 Å². The minimum Gasteiger partial charge on any atom is -0.384 e. The molecule has 1 N–H and O–H groups in total. The smallest absolute Gasteiger partial charge is 0.0701 e. The Labute approximate surface area is 117 Å². The highest BCUT2D eigenvalue weighted by Crippen LogP contribution is 2.30. The van der Waals surface area contributed by atoms with Crippen molar-refractivity contribution in [1.29, 1.82) is 0 Å². The lowest BCUT2D eigenvalue weighted by atomic mass is 9.79. The predicted molar refractivity (Wildman–Crippen MR) is 77.5 cm³/mol. The standard InChI is InChI=1S/C15H30N2O2/c1-17(11-14-5-3-4-10-19-14)12-15(13-18-2)6-8-16-9-7-15/h14,16H,3-13H2,1-2H3. The van der Waals surface area contributed by atoms with E-state index in [1.165, 1.54) is 32.1 Å². The number of methoxy groups -OCH3 is 1. The minimum atomic E-state index is 0.337. The average Bonchev–Trinajstić information content (AvgIpc) is 2.40. The Morgan fingerprint density at radius 3 is 2.74 bits per heavy atom. The molecule has 0 aromatic carbocycles. The molecule has 19 heavy (non-hydrogen) atoms. The Kier molecular flexibility index (Phi) is 6.07. The molecule has 4 heteroatoms. The summed E-state index contributed by atoms with van der Waals surface area (Å²) in [4.78, 5) is 2.46. The first kappa shape index (κ1) is 15.2. The van der Waals surface area contributed by atoms with Crippen LogP contribution in [0.4, 0.5) is 0 Å². The Balaban J connectivity index is 1.81. The molecule has 0 aromatic rings. The summed E-state index contributed by atoms with van der Waals surface area (Å²) >= 11 is 0. The molecule has 0 aliphatic carbocycles. The van der Waals surface area contributed by atoms with Gasteiger partial charge < -0.3 is 19.7 Å². The van der Waals surface area contributed by atoms with E-state index in [-0.39, 0.29) is 0 Å². The summed E-state index contributed by atoms with van der Waals surface area (Å²) in [6.07, 6.45) is 6.67. The topological polar surface area (TPSA) is 33.7 Å². The van der Waals surface area contributed by atoms with E-state index in [0.29, 0.717) is 11.5 Å². The second kappa shape index (κ2) is 7.58. The van der Waals surface area contributed by atoms with Gasteiger partial charge in [-0.1, -0.05) is 0 Å². The van der Waals surface area contributed by atoms with Crippen LogP contribution in [0, 0.1) is 5.41 Å². The number of nitrogens with zero attached hydrogens (tertiary/aromatic N) is 1. The fourth-order valence-corrected chi connectivity index (χ4v) is 3.55. The molecule has 2 fully saturated rings. The fourth-order valence-electron chi connectivity index (χ4n) is 3.55. The van der Waals surface area contributed by atoms with Gasteiger partial charge in [0.15, 0.2) is 0 Å². The van der Waals surface area contributed by atoms with E-state index in [2.05, 4.69) is 17.3 Å². The largest absolute Gasteiger partial charge is 0.384 e. The van der Waals surface area contributed by atoms with E-state index in [0.717, 1.165) is 39.4 Å². The molecule has 0 spiro atoms. The third-order valence-corrected chi connectivity index (χ3v) is 4.51. The average molecular weight is 270 g/mol. The van der Waals surface area contributed by atoms with E-state index in [1.807, 2.05) is 7.11 Å². The number of ether oxygens (including phenoxy) is 2. The van der Waals surface area contributed by atoms with Crippen molar-refractivity contribution in [2.45, 2.75) is 38.2 Å². The van der Waals surface area contributed by atoms with Crippen molar-refractivity contribution >= 4 is 0 Å². The number of nitrogens with one attached hydrogen (secondary N) is 1. The van der Waals surface area contributed by atoms with Crippen molar-refractivity contribution in [3.8, 4) is 0 Å². The van der Waals surface area contributed by atoms with Crippen LogP contribution in [-0.2, 0) is 9.47 Å². The first-order valence-corrected chi connectivity index (χ1v) is 7.74. The summed E-state index contributed by atoms with van der Waals surface area (Å²) in [5.74, 6) is 0. The molecule has 2 aliphatic rings. The second-order valence-electron chi connectivity index (χ2n) is 6.37. The molecule has 1 atom stereocenters. The summed E-state index contributed by atoms with van der Waals surface area (Å²) < 4.78 is 11.3. The Morgan fingerprint density at radius 1 is 1.32 bits per heavy atom. The quantitative estimate of drug-likeness (QED) is 0.793. The van der Waals surface area contributed by atoms with Crippen LogP contribution in [0.25, 0.3) is 0 Å². The summed E-state index contributed by atoms with van der Waals surface area (Å²) in [7, 11) is 4.06. The lowest BCUT2D eigenvalue weighted by Gasteiger charge is -2.40. The van der Waals surface area contributed by atoms with E-state index < -0.39 is 0 Å². The van der Waals surface area contributed by atoms with Gasteiger partial charge in [-0.3, -0.25) is 0 Å². The van der Waals surface area contributed by atoms with E-state index in [1.54, 1.807) is 0 Å². The molecular formula is C15H30N2O2. The monoisotopic (exact) mass is 270 g/mol. The van der Waals surface area contributed by atoms with Gasteiger partial charge in [-0.25, -0.2) is 0 Å². The zero-order valence-electron chi connectivity index (χ0n) is 12.6. The molecule has 2 saturated heterocycles. The van der Waals surface area contributed by atoms with Crippen molar-refractivity contribution < 1.29 is 9.47 Å². The van der Waals surface area contributed by atoms with Crippen molar-refractivity contribution in [3.05, 3.63) is 0 Å². The molecule has 0 amide bonds. The molecule has 0 bridgehead atoms. The van der Waals surface area contributed by atoms with Crippen LogP contribution < -0.4 is 5.32 Å². The Hall–Kier alpha value is -0.160. The highest BCUT2D eigenvalue weighted by molar-refractivity contribution is 4.87. The van der Waals surface area contributed by atoms with E-state index in [9.17, 15) is 0 Å². The van der Waals surface area contributed by atoms with Crippen LogP contribution in [0.1, 0.15) is 32.1 Å². The van der Waals surface area contributed by atoms with Gasteiger partial charge in [0.25, 0.3) is 0 Å². The third kappa shape index (κ3) is 4.71. The van der Waals surface area contributed by atoms with Crippen LogP contribution in [-0.4, -0.2) is 64.6 Å². The summed E-state index contributed by atoms with van der Waals surface area (Å²) in [5.41, 5.74) is 0.337. The fraction of sp³-hybridized carbons (Fsp3) is 1.00. The first-order chi connectivity index (χ1) is 9.24. The number of piperidine rings is 1. The van der Waals surface area contributed by atoms with Gasteiger partial charge in [0.05, 0.1) is 12.7 Å². The third-order valence-electron chi connectivity index (χ3n) is 4.51. The number of hydrogen-bond acceptors (Lipinski definition) is 4. The molecule has 4 nitrogen and oxygen atoms in total. The van der Waals surface area contributed by atoms with Gasteiger partial charge in [0.2, 0.25) is 0 Å². The SMILES string of the molecule is COCC1(CN(C)CC2CCCCO2)CCNCC1. The van der Waals surface area contributed by atoms with E-state index in [4.69, 9.17) is 9.47 Å². The first-order valence-electron chi connectivity index (χ1n) is 7.74. The van der Waals surface area contributed by atoms with Crippen LogP contribution in [0.15, 0.2) is 0 Å². The minimum absolute atomic E-state index is 0.337. The van der Waals surface area contributed by atoms with Gasteiger partial charge in [-0.05, 0) is 52.2 Å². The van der Waals surface area contributed by atoms with Crippen molar-refractivity contribution in [3.63, 3.8) is 0 Å². The highest BCUT2D eigenvalue weighted by atomic mass is 16.5. The summed E-state index contributed by atoms with van der Waals surface area (Å²) in [6.45, 7) is 6.27. The van der Waals surface area contributed by atoms with Gasteiger partial charge in [0, 0.05) is 32.2 Å².